The van der Waals surface area contributed by atoms with Crippen LogP contribution in [0.5, 0.6) is 11.5 Å². The Hall–Kier alpha value is -4.27. The van der Waals surface area contributed by atoms with E-state index >= 15 is 0 Å². The fourth-order valence-corrected chi connectivity index (χ4v) is 3.91. The van der Waals surface area contributed by atoms with Crippen molar-refractivity contribution in [3.05, 3.63) is 74.6 Å². The van der Waals surface area contributed by atoms with Crippen molar-refractivity contribution in [2.24, 2.45) is 0 Å². The molecule has 0 saturated heterocycles. The Labute approximate surface area is 202 Å². The minimum Gasteiger partial charge on any atom is -0.496 e. The van der Waals surface area contributed by atoms with E-state index in [0.29, 0.717) is 17.1 Å². The molecule has 0 fully saturated rings. The topological polar surface area (TPSA) is 152 Å². The SMILES string of the molecule is COc1ccc(-c2c(C(=O)O)c(N)[nH]c(=O)c2C(=O)O)cc1COc1cc(C)ccc1C(C)(C)C. The summed E-state index contributed by atoms with van der Waals surface area (Å²) in [5.74, 6) is -2.36. The molecule has 0 amide bonds. The maximum atomic E-state index is 12.4. The van der Waals surface area contributed by atoms with Gasteiger partial charge < -0.3 is 30.4 Å². The van der Waals surface area contributed by atoms with E-state index in [-0.39, 0.29) is 23.1 Å². The van der Waals surface area contributed by atoms with Gasteiger partial charge in [0.2, 0.25) is 0 Å². The van der Waals surface area contributed by atoms with Gasteiger partial charge in [-0.1, -0.05) is 39.0 Å². The summed E-state index contributed by atoms with van der Waals surface area (Å²) in [4.78, 5) is 38.3. The van der Waals surface area contributed by atoms with E-state index in [4.69, 9.17) is 15.2 Å². The maximum absolute atomic E-state index is 12.4. The van der Waals surface area contributed by atoms with Gasteiger partial charge in [0.1, 0.15) is 35.1 Å². The third kappa shape index (κ3) is 5.13. The number of nitrogens with one attached hydrogen (secondary N) is 1. The molecule has 0 aliphatic carbocycles. The van der Waals surface area contributed by atoms with E-state index in [2.05, 4.69) is 25.8 Å². The fourth-order valence-electron chi connectivity index (χ4n) is 3.91. The van der Waals surface area contributed by atoms with Crippen LogP contribution in [0, 0.1) is 6.92 Å². The molecule has 0 spiro atoms. The van der Waals surface area contributed by atoms with Gasteiger partial charge in [0.15, 0.2) is 0 Å². The van der Waals surface area contributed by atoms with Crippen molar-refractivity contribution < 1.29 is 29.3 Å². The van der Waals surface area contributed by atoms with Crippen LogP contribution in [-0.2, 0) is 12.0 Å². The minimum absolute atomic E-state index is 0.0486. The summed E-state index contributed by atoms with van der Waals surface area (Å²) < 4.78 is 11.6. The Morgan fingerprint density at radius 1 is 1.00 bits per heavy atom. The Balaban J connectivity index is 2.16. The van der Waals surface area contributed by atoms with Gasteiger partial charge in [-0.05, 0) is 47.2 Å². The molecular weight excluding hydrogens is 452 g/mol. The van der Waals surface area contributed by atoms with Crippen molar-refractivity contribution in [1.82, 2.24) is 4.98 Å². The lowest BCUT2D eigenvalue weighted by Gasteiger charge is -2.23. The summed E-state index contributed by atoms with van der Waals surface area (Å²) in [5.41, 5.74) is 5.78. The highest BCUT2D eigenvalue weighted by Gasteiger charge is 2.27. The zero-order valence-corrected chi connectivity index (χ0v) is 20.2. The Morgan fingerprint density at radius 2 is 1.66 bits per heavy atom. The largest absolute Gasteiger partial charge is 0.496 e. The minimum atomic E-state index is -1.58. The molecule has 9 nitrogen and oxygen atoms in total. The van der Waals surface area contributed by atoms with Crippen molar-refractivity contribution >= 4 is 17.8 Å². The third-order valence-electron chi connectivity index (χ3n) is 5.57. The molecule has 2 aromatic carbocycles. The third-order valence-corrected chi connectivity index (χ3v) is 5.57. The molecule has 0 atom stereocenters. The molecule has 184 valence electrons. The summed E-state index contributed by atoms with van der Waals surface area (Å²) in [5, 5.41) is 19.4. The van der Waals surface area contributed by atoms with Gasteiger partial charge in [-0.25, -0.2) is 9.59 Å². The molecule has 35 heavy (non-hydrogen) atoms. The number of carboxylic acid groups (broad SMARTS) is 2. The lowest BCUT2D eigenvalue weighted by Crippen LogP contribution is -2.24. The molecule has 1 aromatic heterocycles. The number of aryl methyl sites for hydroxylation is 1. The lowest BCUT2D eigenvalue weighted by atomic mass is 9.86. The van der Waals surface area contributed by atoms with Gasteiger partial charge in [-0.2, -0.15) is 0 Å². The normalized spacial score (nSPS) is 11.2. The number of carboxylic acids is 2. The Bertz CT molecular complexity index is 1370. The molecule has 0 saturated carbocycles. The molecule has 0 radical (unpaired) electrons. The van der Waals surface area contributed by atoms with Crippen molar-refractivity contribution in [2.45, 2.75) is 39.7 Å². The summed E-state index contributed by atoms with van der Waals surface area (Å²) in [6, 6.07) is 10.5. The van der Waals surface area contributed by atoms with Crippen LogP contribution in [-0.4, -0.2) is 34.2 Å². The monoisotopic (exact) mass is 480 g/mol. The molecule has 9 heteroatoms. The first-order chi connectivity index (χ1) is 16.3. The Morgan fingerprint density at radius 3 is 2.23 bits per heavy atom. The zero-order chi connectivity index (χ0) is 26.1. The van der Waals surface area contributed by atoms with E-state index in [9.17, 15) is 24.6 Å². The smallest absolute Gasteiger partial charge is 0.342 e. The maximum Gasteiger partial charge on any atom is 0.342 e. The second-order valence-electron chi connectivity index (χ2n) is 9.17. The predicted molar refractivity (Wildman–Crippen MR) is 132 cm³/mol. The molecule has 0 aliphatic rings. The van der Waals surface area contributed by atoms with E-state index in [1.807, 2.05) is 25.1 Å². The van der Waals surface area contributed by atoms with Crippen LogP contribution in [0.15, 0.2) is 41.2 Å². The first kappa shape index (κ1) is 25.4. The first-order valence-electron chi connectivity index (χ1n) is 10.8. The highest BCUT2D eigenvalue weighted by atomic mass is 16.5. The molecule has 5 N–H and O–H groups in total. The predicted octanol–water partition coefficient (Wildman–Crippen LogP) is 4.21. The van der Waals surface area contributed by atoms with Crippen LogP contribution >= 0.6 is 0 Å². The van der Waals surface area contributed by atoms with Crippen LogP contribution in [0.2, 0.25) is 0 Å². The van der Waals surface area contributed by atoms with Crippen molar-refractivity contribution in [3.63, 3.8) is 0 Å². The highest BCUT2D eigenvalue weighted by Crippen LogP contribution is 2.35. The first-order valence-corrected chi connectivity index (χ1v) is 10.8. The number of aromatic amines is 1. The van der Waals surface area contributed by atoms with Crippen LogP contribution in [0.1, 0.15) is 58.2 Å². The lowest BCUT2D eigenvalue weighted by molar-refractivity contribution is 0.0695. The average Bonchev–Trinajstić information content (AvgIpc) is 2.75. The standard InChI is InChI=1S/C26H28N2O7/c1-13-6-8-16(26(2,3)4)18(10-13)35-12-15-11-14(7-9-17(15)34-5)19-20(24(30)31)22(27)28-23(29)21(19)25(32)33/h6-11H,12H2,1-5H3,(H,30,31)(H,32,33)(H3,27,28,29). The summed E-state index contributed by atoms with van der Waals surface area (Å²) in [7, 11) is 1.47. The molecular formula is C26H28N2O7. The van der Waals surface area contributed by atoms with Gasteiger partial charge in [-0.15, -0.1) is 0 Å². The molecule has 0 unspecified atom stereocenters. The van der Waals surface area contributed by atoms with Gasteiger partial charge in [-0.3, -0.25) is 4.79 Å². The van der Waals surface area contributed by atoms with Gasteiger partial charge in [0, 0.05) is 11.1 Å². The summed E-state index contributed by atoms with van der Waals surface area (Å²) in [6.45, 7) is 8.23. The van der Waals surface area contributed by atoms with Crippen molar-refractivity contribution in [3.8, 4) is 22.6 Å². The Kier molecular flexibility index (Phi) is 6.91. The number of anilines is 1. The number of carbonyl (C=O) groups is 2. The molecule has 3 aromatic rings. The van der Waals surface area contributed by atoms with Crippen LogP contribution in [0.4, 0.5) is 5.82 Å². The number of nitrogen functional groups attached to an aromatic ring is 1. The van der Waals surface area contributed by atoms with Gasteiger partial charge in [0.05, 0.1) is 7.11 Å². The van der Waals surface area contributed by atoms with Crippen LogP contribution in [0.25, 0.3) is 11.1 Å². The summed E-state index contributed by atoms with van der Waals surface area (Å²) >= 11 is 0. The number of nitrogens with two attached hydrogens (primary N) is 1. The molecule has 3 rings (SSSR count). The zero-order valence-electron chi connectivity index (χ0n) is 20.2. The van der Waals surface area contributed by atoms with Gasteiger partial charge in [0.25, 0.3) is 5.56 Å². The number of aromatic nitrogens is 1. The number of hydrogen-bond acceptors (Lipinski definition) is 6. The number of ether oxygens (including phenoxy) is 2. The van der Waals surface area contributed by atoms with E-state index in [1.165, 1.54) is 13.2 Å². The number of H-pyrrole nitrogens is 1. The number of methoxy groups -OCH3 is 1. The van der Waals surface area contributed by atoms with Crippen molar-refractivity contribution in [1.29, 1.82) is 0 Å². The number of rotatable bonds is 7. The van der Waals surface area contributed by atoms with Crippen LogP contribution < -0.4 is 20.8 Å². The van der Waals surface area contributed by atoms with Gasteiger partial charge >= 0.3 is 11.9 Å². The number of benzene rings is 2. The average molecular weight is 481 g/mol. The summed E-state index contributed by atoms with van der Waals surface area (Å²) in [6.07, 6.45) is 0. The quantitative estimate of drug-likeness (QED) is 0.392. The van der Waals surface area contributed by atoms with E-state index in [1.54, 1.807) is 12.1 Å². The second kappa shape index (κ2) is 9.54. The molecule has 0 bridgehead atoms. The molecule has 0 aliphatic heterocycles. The number of pyridine rings is 1. The number of hydrogen-bond donors (Lipinski definition) is 4. The van der Waals surface area contributed by atoms with E-state index < -0.39 is 34.4 Å². The van der Waals surface area contributed by atoms with E-state index in [0.717, 1.165) is 11.1 Å². The molecule has 1 heterocycles. The van der Waals surface area contributed by atoms with Crippen molar-refractivity contribution in [2.75, 3.05) is 12.8 Å². The second-order valence-corrected chi connectivity index (χ2v) is 9.17. The van der Waals surface area contributed by atoms with Crippen LogP contribution in [0.3, 0.4) is 0 Å². The highest BCUT2D eigenvalue weighted by molar-refractivity contribution is 6.07. The number of aromatic carboxylic acids is 2. The fraction of sp³-hybridized carbons (Fsp3) is 0.269.